The number of nitrogens with zero attached hydrogens (tertiary/aromatic N) is 2. The topological polar surface area (TPSA) is 26.7 Å². The molecule has 0 spiro atoms. The summed E-state index contributed by atoms with van der Waals surface area (Å²) in [6, 6.07) is 9.70. The Morgan fingerprint density at radius 2 is 1.74 bits per heavy atom. The van der Waals surface area contributed by atoms with Crippen LogP contribution in [0.2, 0.25) is 0 Å². The third-order valence-corrected chi connectivity index (χ3v) is 4.98. The summed E-state index contributed by atoms with van der Waals surface area (Å²) in [5.74, 6) is 0. The minimum atomic E-state index is -0.576. The van der Waals surface area contributed by atoms with E-state index in [-0.39, 0.29) is 0 Å². The fraction of sp³-hybridized carbons (Fsp3) is 0.700. The smallest absolute Gasteiger partial charge is 0.0594 e. The molecule has 1 atom stereocenters. The van der Waals surface area contributed by atoms with E-state index in [1.807, 2.05) is 13.8 Å². The summed E-state index contributed by atoms with van der Waals surface area (Å²) in [5.41, 5.74) is 2.15. The van der Waals surface area contributed by atoms with Gasteiger partial charge in [-0.2, -0.15) is 0 Å². The molecule has 1 heterocycles. The Morgan fingerprint density at radius 1 is 1.09 bits per heavy atom. The Kier molecular flexibility index (Phi) is 6.63. The summed E-state index contributed by atoms with van der Waals surface area (Å²) in [4.78, 5) is 4.97. The molecule has 1 aromatic carbocycles. The quantitative estimate of drug-likeness (QED) is 0.872. The van der Waals surface area contributed by atoms with Crippen molar-refractivity contribution in [2.45, 2.75) is 64.1 Å². The predicted octanol–water partition coefficient (Wildman–Crippen LogP) is 3.31. The van der Waals surface area contributed by atoms with Crippen molar-refractivity contribution >= 4 is 0 Å². The highest BCUT2D eigenvalue weighted by molar-refractivity contribution is 5.22. The molecule has 1 aliphatic heterocycles. The second-order valence-electron chi connectivity index (χ2n) is 7.95. The second-order valence-corrected chi connectivity index (χ2v) is 7.95. The van der Waals surface area contributed by atoms with Crippen molar-refractivity contribution in [3.05, 3.63) is 35.4 Å². The number of likely N-dealkylation sites (tertiary alicyclic amines) is 1. The van der Waals surface area contributed by atoms with E-state index in [4.69, 9.17) is 0 Å². The van der Waals surface area contributed by atoms with Crippen molar-refractivity contribution in [1.29, 1.82) is 0 Å². The van der Waals surface area contributed by atoms with Gasteiger partial charge in [0.05, 0.1) is 5.60 Å². The molecule has 3 heteroatoms. The molecule has 2 rings (SSSR count). The van der Waals surface area contributed by atoms with Crippen molar-refractivity contribution in [3.8, 4) is 0 Å². The maximum Gasteiger partial charge on any atom is 0.0594 e. The molecular weight excluding hydrogens is 284 g/mol. The molecular formula is C20H34N2O. The van der Waals surface area contributed by atoms with Crippen molar-refractivity contribution in [3.63, 3.8) is 0 Å². The van der Waals surface area contributed by atoms with Crippen LogP contribution in [0, 0.1) is 0 Å². The van der Waals surface area contributed by atoms with Gasteiger partial charge < -0.3 is 10.0 Å². The molecule has 0 saturated carbocycles. The second kappa shape index (κ2) is 8.27. The molecule has 0 bridgehead atoms. The van der Waals surface area contributed by atoms with Gasteiger partial charge in [0.1, 0.15) is 0 Å². The van der Waals surface area contributed by atoms with E-state index in [0.717, 1.165) is 25.4 Å². The van der Waals surface area contributed by atoms with Crippen LogP contribution < -0.4 is 0 Å². The van der Waals surface area contributed by atoms with Crippen LogP contribution in [0.4, 0.5) is 0 Å². The first-order chi connectivity index (χ1) is 10.8. The highest BCUT2D eigenvalue weighted by Gasteiger charge is 2.18. The summed E-state index contributed by atoms with van der Waals surface area (Å²) in [5, 5.41) is 9.83. The van der Waals surface area contributed by atoms with E-state index in [1.165, 1.54) is 43.5 Å². The Bertz CT molecular complexity index is 462. The largest absolute Gasteiger partial charge is 0.390 e. The van der Waals surface area contributed by atoms with Crippen LogP contribution in [0.5, 0.6) is 0 Å². The Labute approximate surface area is 142 Å². The van der Waals surface area contributed by atoms with Crippen LogP contribution >= 0.6 is 0 Å². The molecule has 1 saturated heterocycles. The van der Waals surface area contributed by atoms with Gasteiger partial charge in [-0.05, 0) is 84.3 Å². The lowest BCUT2D eigenvalue weighted by atomic mass is 9.98. The average molecular weight is 319 g/mol. The maximum absolute atomic E-state index is 9.83. The zero-order chi connectivity index (χ0) is 16.9. The molecule has 1 aliphatic rings. The molecule has 130 valence electrons. The molecule has 1 fully saturated rings. The van der Waals surface area contributed by atoms with Crippen LogP contribution in [-0.4, -0.2) is 53.7 Å². The molecule has 0 unspecified atom stereocenters. The highest BCUT2D eigenvalue weighted by Crippen LogP contribution is 2.18. The lowest BCUT2D eigenvalue weighted by Crippen LogP contribution is -2.29. The summed E-state index contributed by atoms with van der Waals surface area (Å²) in [7, 11) is 4.40. The zero-order valence-electron chi connectivity index (χ0n) is 15.4. The molecule has 1 aromatic rings. The van der Waals surface area contributed by atoms with Gasteiger partial charge in [-0.1, -0.05) is 24.3 Å². The number of hydrogen-bond donors (Lipinski definition) is 1. The van der Waals surface area contributed by atoms with E-state index in [0.29, 0.717) is 0 Å². The molecule has 0 amide bonds. The molecule has 3 nitrogen and oxygen atoms in total. The van der Waals surface area contributed by atoms with E-state index in [2.05, 4.69) is 48.2 Å². The van der Waals surface area contributed by atoms with Gasteiger partial charge in [-0.25, -0.2) is 0 Å². The monoisotopic (exact) mass is 318 g/mol. The van der Waals surface area contributed by atoms with Gasteiger partial charge in [0, 0.05) is 12.6 Å². The minimum Gasteiger partial charge on any atom is -0.390 e. The van der Waals surface area contributed by atoms with Crippen LogP contribution in [0.1, 0.15) is 50.7 Å². The lowest BCUT2D eigenvalue weighted by Gasteiger charge is -2.23. The van der Waals surface area contributed by atoms with Crippen molar-refractivity contribution in [2.24, 2.45) is 0 Å². The van der Waals surface area contributed by atoms with Gasteiger partial charge in [0.2, 0.25) is 0 Å². The van der Waals surface area contributed by atoms with Gasteiger partial charge in [0.25, 0.3) is 0 Å². The number of aryl methyl sites for hydroxylation is 1. The first kappa shape index (κ1) is 18.4. The number of benzene rings is 1. The molecule has 23 heavy (non-hydrogen) atoms. The van der Waals surface area contributed by atoms with Crippen molar-refractivity contribution in [1.82, 2.24) is 9.80 Å². The molecule has 0 aliphatic carbocycles. The maximum atomic E-state index is 9.83. The Balaban J connectivity index is 1.83. The van der Waals surface area contributed by atoms with Crippen molar-refractivity contribution < 1.29 is 5.11 Å². The van der Waals surface area contributed by atoms with Gasteiger partial charge >= 0.3 is 0 Å². The SMILES string of the molecule is CN(C)[C@@H]1CCCN(Cc2ccc(CCC(C)(C)O)cc2)CC1. The molecule has 0 radical (unpaired) electrons. The summed E-state index contributed by atoms with van der Waals surface area (Å²) in [6.07, 6.45) is 5.64. The van der Waals surface area contributed by atoms with Crippen LogP contribution in [0.25, 0.3) is 0 Å². The third-order valence-electron chi connectivity index (χ3n) is 4.98. The average Bonchev–Trinajstić information content (AvgIpc) is 2.71. The lowest BCUT2D eigenvalue weighted by molar-refractivity contribution is 0.0714. The standard InChI is InChI=1S/C20H34N2O/c1-20(2,23)13-11-17-7-9-18(10-8-17)16-22-14-5-6-19(12-15-22)21(3)4/h7-10,19,23H,5-6,11-16H2,1-4H3/t19-/m1/s1. The van der Waals surface area contributed by atoms with Crippen LogP contribution in [-0.2, 0) is 13.0 Å². The van der Waals surface area contributed by atoms with Crippen LogP contribution in [0.3, 0.4) is 0 Å². The van der Waals surface area contributed by atoms with Gasteiger partial charge in [0.15, 0.2) is 0 Å². The first-order valence-electron chi connectivity index (χ1n) is 9.02. The summed E-state index contributed by atoms with van der Waals surface area (Å²) < 4.78 is 0. The number of hydrogen-bond acceptors (Lipinski definition) is 3. The number of aliphatic hydroxyl groups is 1. The predicted molar refractivity (Wildman–Crippen MR) is 97.7 cm³/mol. The Morgan fingerprint density at radius 3 is 2.35 bits per heavy atom. The van der Waals surface area contributed by atoms with Crippen molar-refractivity contribution in [2.75, 3.05) is 27.2 Å². The molecule has 0 aromatic heterocycles. The minimum absolute atomic E-state index is 0.576. The normalized spacial score (nSPS) is 20.7. The highest BCUT2D eigenvalue weighted by atomic mass is 16.3. The summed E-state index contributed by atoms with van der Waals surface area (Å²) >= 11 is 0. The molecule has 1 N–H and O–H groups in total. The Hall–Kier alpha value is -0.900. The third kappa shape index (κ3) is 6.62. The van der Waals surface area contributed by atoms with Gasteiger partial charge in [-0.3, -0.25) is 4.90 Å². The van der Waals surface area contributed by atoms with E-state index in [1.54, 1.807) is 0 Å². The van der Waals surface area contributed by atoms with E-state index < -0.39 is 5.60 Å². The first-order valence-corrected chi connectivity index (χ1v) is 9.02. The summed E-state index contributed by atoms with van der Waals surface area (Å²) in [6.45, 7) is 7.23. The van der Waals surface area contributed by atoms with E-state index in [9.17, 15) is 5.11 Å². The van der Waals surface area contributed by atoms with E-state index >= 15 is 0 Å². The van der Waals surface area contributed by atoms with Gasteiger partial charge in [-0.15, -0.1) is 0 Å². The fourth-order valence-electron chi connectivity index (χ4n) is 3.33. The zero-order valence-corrected chi connectivity index (χ0v) is 15.4. The van der Waals surface area contributed by atoms with Crippen LogP contribution in [0.15, 0.2) is 24.3 Å². The fourth-order valence-corrected chi connectivity index (χ4v) is 3.33. The number of rotatable bonds is 6.